The van der Waals surface area contributed by atoms with E-state index in [9.17, 15) is 4.79 Å². The Morgan fingerprint density at radius 1 is 1.42 bits per heavy atom. The lowest BCUT2D eigenvalue weighted by molar-refractivity contribution is -0.128. The van der Waals surface area contributed by atoms with E-state index in [1.165, 1.54) is 0 Å². The van der Waals surface area contributed by atoms with Crippen LogP contribution in [-0.4, -0.2) is 49.4 Å². The van der Waals surface area contributed by atoms with Crippen LogP contribution in [0.25, 0.3) is 0 Å². The Morgan fingerprint density at radius 3 is 2.33 bits per heavy atom. The molecule has 0 rings (SSSR count). The van der Waals surface area contributed by atoms with E-state index in [2.05, 4.69) is 11.5 Å². The van der Waals surface area contributed by atoms with Crippen LogP contribution in [0.15, 0.2) is 12.7 Å². The maximum absolute atomic E-state index is 11.0. The van der Waals surface area contributed by atoms with E-state index < -0.39 is 0 Å². The number of hydrogen-bond acceptors (Lipinski definition) is 2. The highest BCUT2D eigenvalue weighted by atomic mass is 16.2. The zero-order chi connectivity index (χ0) is 9.56. The molecule has 0 unspecified atom stereocenters. The van der Waals surface area contributed by atoms with Crippen LogP contribution >= 0.6 is 0 Å². The van der Waals surface area contributed by atoms with Crippen molar-refractivity contribution in [2.45, 2.75) is 6.92 Å². The van der Waals surface area contributed by atoms with Crippen LogP contribution in [-0.2, 0) is 4.79 Å². The van der Waals surface area contributed by atoms with E-state index in [4.69, 9.17) is 0 Å². The van der Waals surface area contributed by atoms with E-state index >= 15 is 0 Å². The van der Waals surface area contributed by atoms with Crippen molar-refractivity contribution in [1.29, 1.82) is 0 Å². The molecule has 0 saturated carbocycles. The molecule has 0 heterocycles. The lowest BCUT2D eigenvalue weighted by Gasteiger charge is -2.21. The molecule has 0 aliphatic carbocycles. The summed E-state index contributed by atoms with van der Waals surface area (Å²) in [6.07, 6.45) is 1.75. The van der Waals surface area contributed by atoms with Crippen molar-refractivity contribution in [1.82, 2.24) is 9.80 Å². The van der Waals surface area contributed by atoms with Crippen molar-refractivity contribution in [3.05, 3.63) is 12.7 Å². The lowest BCUT2D eigenvalue weighted by Crippen LogP contribution is -2.35. The molecule has 0 N–H and O–H groups in total. The Morgan fingerprint density at radius 2 is 2.00 bits per heavy atom. The maximum Gasteiger partial charge on any atom is 0.219 e. The number of hydrogen-bond donors (Lipinski definition) is 0. The highest BCUT2D eigenvalue weighted by Gasteiger charge is 2.05. The minimum atomic E-state index is 0.108. The molecule has 3 heteroatoms. The summed E-state index contributed by atoms with van der Waals surface area (Å²) >= 11 is 0. The Balaban J connectivity index is 3.78. The summed E-state index contributed by atoms with van der Waals surface area (Å²) in [5.41, 5.74) is 0. The van der Waals surface area contributed by atoms with E-state index in [-0.39, 0.29) is 5.91 Å². The molecule has 0 aromatic rings. The largest absolute Gasteiger partial charge is 0.338 e. The minimum Gasteiger partial charge on any atom is -0.338 e. The molecule has 3 nitrogen and oxygen atoms in total. The van der Waals surface area contributed by atoms with Gasteiger partial charge in [-0.25, -0.2) is 0 Å². The third-order valence-electron chi connectivity index (χ3n) is 1.61. The first-order chi connectivity index (χ1) is 5.57. The van der Waals surface area contributed by atoms with Gasteiger partial charge in [-0.05, 0) is 14.1 Å². The molecule has 0 spiro atoms. The molecule has 0 atom stereocenters. The fourth-order valence-electron chi connectivity index (χ4n) is 0.854. The van der Waals surface area contributed by atoms with Gasteiger partial charge in [0.05, 0.1) is 0 Å². The standard InChI is InChI=1S/C9H18N2O/c1-5-6-11(9(2)12)8-7-10(3)4/h5H,1,6-8H2,2-4H3. The van der Waals surface area contributed by atoms with Crippen molar-refractivity contribution >= 4 is 5.91 Å². The fourth-order valence-corrected chi connectivity index (χ4v) is 0.854. The third-order valence-corrected chi connectivity index (χ3v) is 1.61. The van der Waals surface area contributed by atoms with Crippen LogP contribution in [0.2, 0.25) is 0 Å². The van der Waals surface area contributed by atoms with Gasteiger partial charge in [0.2, 0.25) is 5.91 Å². The summed E-state index contributed by atoms with van der Waals surface area (Å²) in [6, 6.07) is 0. The highest BCUT2D eigenvalue weighted by molar-refractivity contribution is 5.73. The molecule has 0 fully saturated rings. The molecular formula is C9H18N2O. The first-order valence-corrected chi connectivity index (χ1v) is 4.09. The average molecular weight is 170 g/mol. The third kappa shape index (κ3) is 4.91. The van der Waals surface area contributed by atoms with E-state index in [1.807, 2.05) is 14.1 Å². The van der Waals surface area contributed by atoms with Gasteiger partial charge in [0.25, 0.3) is 0 Å². The maximum atomic E-state index is 11.0. The van der Waals surface area contributed by atoms with Crippen LogP contribution in [0, 0.1) is 0 Å². The van der Waals surface area contributed by atoms with Gasteiger partial charge < -0.3 is 9.80 Å². The Hall–Kier alpha value is -0.830. The van der Waals surface area contributed by atoms with Gasteiger partial charge in [-0.15, -0.1) is 6.58 Å². The van der Waals surface area contributed by atoms with Crippen LogP contribution in [0.5, 0.6) is 0 Å². The summed E-state index contributed by atoms with van der Waals surface area (Å²) in [4.78, 5) is 14.8. The van der Waals surface area contributed by atoms with E-state index in [0.29, 0.717) is 6.54 Å². The van der Waals surface area contributed by atoms with Gasteiger partial charge in [-0.3, -0.25) is 4.79 Å². The first-order valence-electron chi connectivity index (χ1n) is 4.09. The molecule has 0 aliphatic heterocycles. The van der Waals surface area contributed by atoms with Gasteiger partial charge in [0.1, 0.15) is 0 Å². The first kappa shape index (κ1) is 11.2. The summed E-state index contributed by atoms with van der Waals surface area (Å²) < 4.78 is 0. The van der Waals surface area contributed by atoms with Gasteiger partial charge in [-0.2, -0.15) is 0 Å². The summed E-state index contributed by atoms with van der Waals surface area (Å²) in [5, 5.41) is 0. The molecule has 1 amide bonds. The van der Waals surface area contributed by atoms with E-state index in [0.717, 1.165) is 13.1 Å². The number of nitrogens with zero attached hydrogens (tertiary/aromatic N) is 2. The van der Waals surface area contributed by atoms with Gasteiger partial charge in [0, 0.05) is 26.6 Å². The number of amides is 1. The second kappa shape index (κ2) is 5.77. The van der Waals surface area contributed by atoms with Crippen molar-refractivity contribution in [3.63, 3.8) is 0 Å². The monoisotopic (exact) mass is 170 g/mol. The second-order valence-corrected chi connectivity index (χ2v) is 3.06. The van der Waals surface area contributed by atoms with Crippen LogP contribution in [0.3, 0.4) is 0 Å². The van der Waals surface area contributed by atoms with Crippen molar-refractivity contribution in [2.75, 3.05) is 33.7 Å². The Labute approximate surface area is 74.7 Å². The number of likely N-dealkylation sites (N-methyl/N-ethyl adjacent to an activating group) is 1. The van der Waals surface area contributed by atoms with Crippen molar-refractivity contribution in [3.8, 4) is 0 Å². The highest BCUT2D eigenvalue weighted by Crippen LogP contribution is 1.90. The zero-order valence-electron chi connectivity index (χ0n) is 8.21. The Kier molecular flexibility index (Phi) is 5.37. The molecule has 0 radical (unpaired) electrons. The summed E-state index contributed by atoms with van der Waals surface area (Å²) in [7, 11) is 3.98. The van der Waals surface area contributed by atoms with Crippen LogP contribution in [0.4, 0.5) is 0 Å². The van der Waals surface area contributed by atoms with Crippen molar-refractivity contribution < 1.29 is 4.79 Å². The lowest BCUT2D eigenvalue weighted by atomic mass is 10.4. The molecule has 0 aromatic heterocycles. The fraction of sp³-hybridized carbons (Fsp3) is 0.667. The summed E-state index contributed by atoms with van der Waals surface area (Å²) in [6.45, 7) is 7.50. The second-order valence-electron chi connectivity index (χ2n) is 3.06. The molecule has 0 aliphatic rings. The average Bonchev–Trinajstić information content (AvgIpc) is 1.96. The summed E-state index contributed by atoms with van der Waals surface area (Å²) in [5.74, 6) is 0.108. The molecule has 0 saturated heterocycles. The van der Waals surface area contributed by atoms with Gasteiger partial charge in [0.15, 0.2) is 0 Å². The normalized spacial score (nSPS) is 10.0. The number of carbonyl (C=O) groups excluding carboxylic acids is 1. The number of rotatable bonds is 5. The molecule has 70 valence electrons. The topological polar surface area (TPSA) is 23.6 Å². The Bertz CT molecular complexity index is 155. The smallest absolute Gasteiger partial charge is 0.219 e. The molecular weight excluding hydrogens is 152 g/mol. The van der Waals surface area contributed by atoms with Gasteiger partial charge >= 0.3 is 0 Å². The zero-order valence-corrected chi connectivity index (χ0v) is 8.21. The predicted octanol–water partition coefficient (Wildman–Crippen LogP) is 0.583. The van der Waals surface area contributed by atoms with Crippen LogP contribution in [0.1, 0.15) is 6.92 Å². The van der Waals surface area contributed by atoms with Crippen LogP contribution < -0.4 is 0 Å². The molecule has 0 aromatic carbocycles. The number of carbonyl (C=O) groups is 1. The van der Waals surface area contributed by atoms with E-state index in [1.54, 1.807) is 17.9 Å². The quantitative estimate of drug-likeness (QED) is 0.564. The SMILES string of the molecule is C=CCN(CCN(C)C)C(C)=O. The molecule has 0 bridgehead atoms. The van der Waals surface area contributed by atoms with Crippen molar-refractivity contribution in [2.24, 2.45) is 0 Å². The minimum absolute atomic E-state index is 0.108. The predicted molar refractivity (Wildman–Crippen MR) is 51.0 cm³/mol. The van der Waals surface area contributed by atoms with Gasteiger partial charge in [-0.1, -0.05) is 6.08 Å². The molecule has 12 heavy (non-hydrogen) atoms.